The summed E-state index contributed by atoms with van der Waals surface area (Å²) < 4.78 is 0. The molecule has 0 saturated heterocycles. The molecule has 0 bridgehead atoms. The van der Waals surface area contributed by atoms with E-state index in [2.05, 4.69) is 34.2 Å². The predicted octanol–water partition coefficient (Wildman–Crippen LogP) is 4.09. The molecule has 0 aliphatic heterocycles. The number of hydrogen-bond acceptors (Lipinski definition) is 4. The average Bonchev–Trinajstić information content (AvgIpc) is 2.88. The first-order chi connectivity index (χ1) is 9.83. The lowest BCUT2D eigenvalue weighted by Gasteiger charge is -2.05. The van der Waals surface area contributed by atoms with Crippen LogP contribution in [0.4, 0.5) is 5.69 Å². The van der Waals surface area contributed by atoms with Gasteiger partial charge in [-0.15, -0.1) is 11.3 Å². The molecular formula is C16H11N3S. The number of para-hydroxylation sites is 1. The summed E-state index contributed by atoms with van der Waals surface area (Å²) in [5.41, 5.74) is 9.90. The highest BCUT2D eigenvalue weighted by Gasteiger charge is 2.08. The van der Waals surface area contributed by atoms with E-state index in [1.807, 2.05) is 29.9 Å². The molecule has 2 N–H and O–H groups in total. The highest BCUT2D eigenvalue weighted by atomic mass is 32.1. The van der Waals surface area contributed by atoms with Crippen LogP contribution >= 0.6 is 11.3 Å². The molecule has 3 heterocycles. The van der Waals surface area contributed by atoms with Crippen molar-refractivity contribution in [2.45, 2.75) is 0 Å². The van der Waals surface area contributed by atoms with E-state index in [1.165, 1.54) is 0 Å². The van der Waals surface area contributed by atoms with Crippen molar-refractivity contribution in [1.29, 1.82) is 0 Å². The van der Waals surface area contributed by atoms with Gasteiger partial charge >= 0.3 is 0 Å². The molecule has 3 nitrogen and oxygen atoms in total. The largest absolute Gasteiger partial charge is 0.398 e. The van der Waals surface area contributed by atoms with Gasteiger partial charge in [0.1, 0.15) is 4.83 Å². The van der Waals surface area contributed by atoms with Gasteiger partial charge in [0.25, 0.3) is 0 Å². The maximum Gasteiger partial charge on any atom is 0.125 e. The fourth-order valence-electron chi connectivity index (χ4n) is 2.42. The number of nitrogens with two attached hydrogens (primary N) is 1. The zero-order valence-corrected chi connectivity index (χ0v) is 11.4. The summed E-state index contributed by atoms with van der Waals surface area (Å²) in [7, 11) is 0. The SMILES string of the molecule is Nc1csc2ncc(-c3cccc4cccnc34)cc12. The van der Waals surface area contributed by atoms with Gasteiger partial charge in [-0.1, -0.05) is 24.3 Å². The molecule has 20 heavy (non-hydrogen) atoms. The lowest BCUT2D eigenvalue weighted by molar-refractivity contribution is 1.40. The van der Waals surface area contributed by atoms with Gasteiger partial charge in [0, 0.05) is 39.7 Å². The van der Waals surface area contributed by atoms with Crippen molar-refractivity contribution in [3.63, 3.8) is 0 Å². The van der Waals surface area contributed by atoms with Crippen LogP contribution in [0.2, 0.25) is 0 Å². The summed E-state index contributed by atoms with van der Waals surface area (Å²) in [6, 6.07) is 12.3. The van der Waals surface area contributed by atoms with E-state index in [1.54, 1.807) is 11.3 Å². The van der Waals surface area contributed by atoms with Gasteiger partial charge in [-0.05, 0) is 12.1 Å². The molecule has 0 aliphatic carbocycles. The minimum absolute atomic E-state index is 0.785. The van der Waals surface area contributed by atoms with E-state index in [4.69, 9.17) is 5.73 Å². The van der Waals surface area contributed by atoms with Crippen LogP contribution in [0.15, 0.2) is 54.2 Å². The Bertz CT molecular complexity index is 922. The fourth-order valence-corrected chi connectivity index (χ4v) is 3.20. The second-order valence-electron chi connectivity index (χ2n) is 4.65. The highest BCUT2D eigenvalue weighted by molar-refractivity contribution is 7.17. The Morgan fingerprint density at radius 3 is 2.90 bits per heavy atom. The van der Waals surface area contributed by atoms with Gasteiger partial charge in [0.15, 0.2) is 0 Å². The molecule has 4 aromatic rings. The minimum Gasteiger partial charge on any atom is -0.398 e. The monoisotopic (exact) mass is 277 g/mol. The smallest absolute Gasteiger partial charge is 0.125 e. The molecule has 0 atom stereocenters. The van der Waals surface area contributed by atoms with Crippen LogP contribution in [0, 0.1) is 0 Å². The number of rotatable bonds is 1. The standard InChI is InChI=1S/C16H11N3S/c17-14-9-20-16-13(14)7-11(8-19-16)12-5-1-3-10-4-2-6-18-15(10)12/h1-9H,17H2. The third-order valence-electron chi connectivity index (χ3n) is 3.40. The van der Waals surface area contributed by atoms with Crippen LogP contribution in [0.3, 0.4) is 0 Å². The lowest BCUT2D eigenvalue weighted by atomic mass is 10.0. The zero-order chi connectivity index (χ0) is 13.5. The first kappa shape index (κ1) is 11.4. The number of fused-ring (bicyclic) bond motifs is 2. The van der Waals surface area contributed by atoms with E-state index in [0.717, 1.165) is 37.9 Å². The average molecular weight is 277 g/mol. The second-order valence-corrected chi connectivity index (χ2v) is 5.51. The van der Waals surface area contributed by atoms with Crippen LogP contribution in [-0.4, -0.2) is 9.97 Å². The number of anilines is 1. The predicted molar refractivity (Wildman–Crippen MR) is 84.8 cm³/mol. The summed E-state index contributed by atoms with van der Waals surface area (Å²) >= 11 is 1.57. The van der Waals surface area contributed by atoms with Crippen LogP contribution in [-0.2, 0) is 0 Å². The highest BCUT2D eigenvalue weighted by Crippen LogP contribution is 2.32. The van der Waals surface area contributed by atoms with Gasteiger partial charge in [-0.2, -0.15) is 0 Å². The maximum atomic E-state index is 5.99. The van der Waals surface area contributed by atoms with Gasteiger partial charge in [-0.3, -0.25) is 4.98 Å². The van der Waals surface area contributed by atoms with E-state index in [0.29, 0.717) is 0 Å². The van der Waals surface area contributed by atoms with Crippen molar-refractivity contribution in [3.8, 4) is 11.1 Å². The van der Waals surface area contributed by atoms with Gasteiger partial charge in [0.05, 0.1) is 11.2 Å². The molecule has 1 aromatic carbocycles. The van der Waals surface area contributed by atoms with Crippen molar-refractivity contribution >= 4 is 38.1 Å². The van der Waals surface area contributed by atoms with Crippen LogP contribution in [0.25, 0.3) is 32.2 Å². The molecule has 0 radical (unpaired) electrons. The van der Waals surface area contributed by atoms with Gasteiger partial charge in [0.2, 0.25) is 0 Å². The molecule has 0 amide bonds. The Morgan fingerprint density at radius 2 is 1.95 bits per heavy atom. The summed E-state index contributed by atoms with van der Waals surface area (Å²) in [5, 5.41) is 4.08. The van der Waals surface area contributed by atoms with E-state index in [9.17, 15) is 0 Å². The Balaban J connectivity index is 2.03. The van der Waals surface area contributed by atoms with Crippen LogP contribution in [0.1, 0.15) is 0 Å². The summed E-state index contributed by atoms with van der Waals surface area (Å²) in [6.45, 7) is 0. The Hall–Kier alpha value is -2.46. The molecular weight excluding hydrogens is 266 g/mol. The number of pyridine rings is 2. The minimum atomic E-state index is 0.785. The molecule has 0 fully saturated rings. The van der Waals surface area contributed by atoms with Crippen molar-refractivity contribution in [2.24, 2.45) is 0 Å². The van der Waals surface area contributed by atoms with Crippen molar-refractivity contribution in [3.05, 3.63) is 54.2 Å². The zero-order valence-electron chi connectivity index (χ0n) is 10.6. The Labute approximate surface area is 119 Å². The fraction of sp³-hybridized carbons (Fsp3) is 0. The second kappa shape index (κ2) is 4.28. The molecule has 4 heteroatoms. The van der Waals surface area contributed by atoms with E-state index >= 15 is 0 Å². The van der Waals surface area contributed by atoms with Crippen LogP contribution < -0.4 is 5.73 Å². The molecule has 0 unspecified atom stereocenters. The molecule has 0 aliphatic rings. The number of thiophene rings is 1. The van der Waals surface area contributed by atoms with Crippen LogP contribution in [0.5, 0.6) is 0 Å². The molecule has 4 rings (SSSR count). The Morgan fingerprint density at radius 1 is 1.05 bits per heavy atom. The first-order valence-electron chi connectivity index (χ1n) is 6.30. The number of hydrogen-bond donors (Lipinski definition) is 1. The van der Waals surface area contributed by atoms with Gasteiger partial charge < -0.3 is 5.73 Å². The van der Waals surface area contributed by atoms with Gasteiger partial charge in [-0.25, -0.2) is 4.98 Å². The van der Waals surface area contributed by atoms with E-state index < -0.39 is 0 Å². The molecule has 0 saturated carbocycles. The van der Waals surface area contributed by atoms with Crippen molar-refractivity contribution < 1.29 is 0 Å². The third-order valence-corrected chi connectivity index (χ3v) is 4.32. The topological polar surface area (TPSA) is 51.8 Å². The molecule has 0 spiro atoms. The number of nitrogen functional groups attached to an aromatic ring is 1. The summed E-state index contributed by atoms with van der Waals surface area (Å²) in [6.07, 6.45) is 3.71. The van der Waals surface area contributed by atoms with Crippen molar-refractivity contribution in [1.82, 2.24) is 9.97 Å². The number of nitrogens with zero attached hydrogens (tertiary/aromatic N) is 2. The molecule has 96 valence electrons. The van der Waals surface area contributed by atoms with E-state index in [-0.39, 0.29) is 0 Å². The third kappa shape index (κ3) is 1.66. The maximum absolute atomic E-state index is 5.99. The quantitative estimate of drug-likeness (QED) is 0.570. The summed E-state index contributed by atoms with van der Waals surface area (Å²) in [5.74, 6) is 0. The summed E-state index contributed by atoms with van der Waals surface area (Å²) in [4.78, 5) is 9.96. The molecule has 3 aromatic heterocycles. The number of aromatic nitrogens is 2. The van der Waals surface area contributed by atoms with Crippen molar-refractivity contribution in [2.75, 3.05) is 5.73 Å². The lowest BCUT2D eigenvalue weighted by Crippen LogP contribution is -1.87. The normalized spacial score (nSPS) is 11.2. The number of benzene rings is 1. The first-order valence-corrected chi connectivity index (χ1v) is 7.18. The Kier molecular flexibility index (Phi) is 2.44.